The molecule has 1 aromatic carbocycles. The van der Waals surface area contributed by atoms with Crippen LogP contribution < -0.4 is 26.6 Å². The minimum atomic E-state index is -0.870. The van der Waals surface area contributed by atoms with Crippen molar-refractivity contribution < 1.29 is 13.5 Å². The molecule has 9 heteroatoms. The van der Waals surface area contributed by atoms with E-state index in [0.717, 1.165) is 42.8 Å². The van der Waals surface area contributed by atoms with Crippen LogP contribution >= 0.6 is 0 Å². The van der Waals surface area contributed by atoms with Crippen molar-refractivity contribution in [3.8, 4) is 5.75 Å². The number of anilines is 4. The van der Waals surface area contributed by atoms with Gasteiger partial charge in [-0.3, -0.25) is 5.01 Å². The second-order valence-electron chi connectivity index (χ2n) is 5.91. The van der Waals surface area contributed by atoms with E-state index in [1.165, 1.54) is 13.3 Å². The lowest BCUT2D eigenvalue weighted by Crippen LogP contribution is -2.28. The summed E-state index contributed by atoms with van der Waals surface area (Å²) >= 11 is 0. The smallest absolute Gasteiger partial charge is 0.225 e. The normalized spacial score (nSPS) is 14.6. The second kappa shape index (κ2) is 7.06. The average Bonchev–Trinajstić information content (AvgIpc) is 3.08. The Morgan fingerprint density at radius 2 is 1.88 bits per heavy atom. The topological polar surface area (TPSA) is 102 Å². The quantitative estimate of drug-likeness (QED) is 0.563. The zero-order valence-corrected chi connectivity index (χ0v) is 13.8. The fourth-order valence-electron chi connectivity index (χ4n) is 2.90. The minimum Gasteiger partial charge on any atom is -0.491 e. The maximum Gasteiger partial charge on any atom is 0.225 e. The number of aromatic nitrogens is 2. The number of halogens is 2. The van der Waals surface area contributed by atoms with E-state index < -0.39 is 17.4 Å². The highest BCUT2D eigenvalue weighted by Gasteiger charge is 2.20. The molecular weight excluding hydrogens is 330 g/mol. The molecule has 1 aromatic heterocycles. The van der Waals surface area contributed by atoms with Gasteiger partial charge in [0, 0.05) is 18.2 Å². The third kappa shape index (κ3) is 3.55. The molecule has 0 unspecified atom stereocenters. The molecule has 1 aliphatic rings. The van der Waals surface area contributed by atoms with Crippen LogP contribution in [0.2, 0.25) is 0 Å². The predicted octanol–water partition coefficient (Wildman–Crippen LogP) is 2.71. The van der Waals surface area contributed by atoms with Gasteiger partial charge < -0.3 is 15.8 Å². The number of hydrogen-bond donors (Lipinski definition) is 3. The molecule has 0 bridgehead atoms. The molecule has 2 aromatic rings. The van der Waals surface area contributed by atoms with E-state index in [-0.39, 0.29) is 17.2 Å². The van der Waals surface area contributed by atoms with Gasteiger partial charge in [-0.15, -0.1) is 0 Å². The number of benzene rings is 1. The molecule has 5 N–H and O–H groups in total. The number of hydrazine groups is 1. The third-order valence-corrected chi connectivity index (χ3v) is 4.18. The number of methoxy groups -OCH3 is 1. The molecular formula is C16H20F2N6O. The van der Waals surface area contributed by atoms with Gasteiger partial charge in [0.15, 0.2) is 23.2 Å². The van der Waals surface area contributed by atoms with E-state index in [9.17, 15) is 8.78 Å². The highest BCUT2D eigenvalue weighted by atomic mass is 19.1. The Kier molecular flexibility index (Phi) is 4.84. The molecule has 0 spiro atoms. The molecule has 0 atom stereocenters. The Morgan fingerprint density at radius 1 is 1.24 bits per heavy atom. The summed E-state index contributed by atoms with van der Waals surface area (Å²) in [6, 6.07) is 2.40. The summed E-state index contributed by atoms with van der Waals surface area (Å²) in [4.78, 5) is 8.43. The van der Waals surface area contributed by atoms with Crippen LogP contribution in [-0.4, -0.2) is 23.1 Å². The van der Waals surface area contributed by atoms with Crippen LogP contribution in [0.3, 0.4) is 0 Å². The number of nitrogens with two attached hydrogens (primary N) is 2. The molecule has 1 aliphatic carbocycles. The van der Waals surface area contributed by atoms with Gasteiger partial charge in [0.2, 0.25) is 5.95 Å². The molecule has 0 aliphatic heterocycles. The van der Waals surface area contributed by atoms with Crippen molar-refractivity contribution in [1.82, 2.24) is 9.97 Å². The van der Waals surface area contributed by atoms with E-state index in [1.807, 2.05) is 0 Å². The van der Waals surface area contributed by atoms with Crippen molar-refractivity contribution in [3.63, 3.8) is 0 Å². The van der Waals surface area contributed by atoms with Gasteiger partial charge in [0.1, 0.15) is 0 Å². The monoisotopic (exact) mass is 350 g/mol. The lowest BCUT2D eigenvalue weighted by Gasteiger charge is -2.21. The van der Waals surface area contributed by atoms with E-state index in [0.29, 0.717) is 12.0 Å². The number of nitrogen functional groups attached to an aromatic ring is 1. The third-order valence-electron chi connectivity index (χ3n) is 4.18. The summed E-state index contributed by atoms with van der Waals surface area (Å²) < 4.78 is 32.5. The van der Waals surface area contributed by atoms with E-state index in [1.54, 1.807) is 0 Å². The number of nitrogens with one attached hydrogen (secondary N) is 1. The number of hydrogen-bond acceptors (Lipinski definition) is 7. The molecule has 7 nitrogen and oxygen atoms in total. The van der Waals surface area contributed by atoms with Crippen LogP contribution in [0.4, 0.5) is 31.9 Å². The molecule has 1 saturated carbocycles. The largest absolute Gasteiger partial charge is 0.491 e. The first kappa shape index (κ1) is 17.2. The Morgan fingerprint density at radius 3 is 2.48 bits per heavy atom. The minimum absolute atomic E-state index is 0.0491. The molecule has 0 saturated heterocycles. The van der Waals surface area contributed by atoms with E-state index in [2.05, 4.69) is 20.0 Å². The van der Waals surface area contributed by atoms with Gasteiger partial charge in [-0.05, 0) is 12.8 Å². The van der Waals surface area contributed by atoms with Crippen molar-refractivity contribution in [2.75, 3.05) is 23.2 Å². The van der Waals surface area contributed by atoms with Crippen LogP contribution in [-0.2, 0) is 0 Å². The van der Waals surface area contributed by atoms with Crippen molar-refractivity contribution in [2.45, 2.75) is 31.7 Å². The summed E-state index contributed by atoms with van der Waals surface area (Å²) in [5.41, 5.74) is 6.12. The van der Waals surface area contributed by atoms with Gasteiger partial charge in [-0.25, -0.2) is 19.6 Å². The standard InChI is InChI=1S/C16H20F2N6O/c1-25-14-11(17)6-10(7-12(14)18)24(20)15-13(19)8-21-16(23-15)22-9-4-2-3-5-9/h6-9H,2-5,19-20H2,1H3,(H,21,22,23). The van der Waals surface area contributed by atoms with Crippen molar-refractivity contribution in [1.29, 1.82) is 0 Å². The first-order chi connectivity index (χ1) is 12.0. The first-order valence-electron chi connectivity index (χ1n) is 7.96. The predicted molar refractivity (Wildman–Crippen MR) is 91.6 cm³/mol. The fourth-order valence-corrected chi connectivity index (χ4v) is 2.90. The zero-order chi connectivity index (χ0) is 18.0. The summed E-state index contributed by atoms with van der Waals surface area (Å²) in [5.74, 6) is 4.30. The van der Waals surface area contributed by atoms with E-state index >= 15 is 0 Å². The molecule has 3 rings (SSSR count). The Bertz CT molecular complexity index is 743. The van der Waals surface area contributed by atoms with Crippen molar-refractivity contribution in [3.05, 3.63) is 30.0 Å². The fraction of sp³-hybridized carbons (Fsp3) is 0.375. The van der Waals surface area contributed by atoms with E-state index in [4.69, 9.17) is 11.6 Å². The molecule has 0 amide bonds. The van der Waals surface area contributed by atoms with Crippen LogP contribution in [0.25, 0.3) is 0 Å². The lowest BCUT2D eigenvalue weighted by molar-refractivity contribution is 0.360. The van der Waals surface area contributed by atoms with Gasteiger partial charge in [-0.2, -0.15) is 4.98 Å². The number of nitrogens with zero attached hydrogens (tertiary/aromatic N) is 3. The number of rotatable bonds is 5. The average molecular weight is 350 g/mol. The molecule has 1 fully saturated rings. The summed E-state index contributed by atoms with van der Waals surface area (Å²) in [6.07, 6.45) is 5.82. The van der Waals surface area contributed by atoms with Gasteiger partial charge in [0.05, 0.1) is 24.7 Å². The SMILES string of the molecule is COc1c(F)cc(N(N)c2nc(NC3CCCC3)ncc2N)cc1F. The maximum absolute atomic E-state index is 13.9. The molecule has 1 heterocycles. The van der Waals surface area contributed by atoms with Gasteiger partial charge in [-0.1, -0.05) is 12.8 Å². The molecule has 134 valence electrons. The van der Waals surface area contributed by atoms with Crippen LogP contribution in [0.1, 0.15) is 25.7 Å². The van der Waals surface area contributed by atoms with Gasteiger partial charge in [0.25, 0.3) is 0 Å². The summed E-state index contributed by atoms with van der Waals surface area (Å²) in [5, 5.41) is 4.24. The summed E-state index contributed by atoms with van der Waals surface area (Å²) in [6.45, 7) is 0. The highest BCUT2D eigenvalue weighted by molar-refractivity contribution is 5.70. The first-order valence-corrected chi connectivity index (χ1v) is 7.96. The second-order valence-corrected chi connectivity index (χ2v) is 5.91. The maximum atomic E-state index is 13.9. The summed E-state index contributed by atoms with van der Waals surface area (Å²) in [7, 11) is 1.19. The Balaban J connectivity index is 1.89. The van der Waals surface area contributed by atoms with Crippen LogP contribution in [0.5, 0.6) is 5.75 Å². The van der Waals surface area contributed by atoms with Crippen LogP contribution in [0, 0.1) is 11.6 Å². The molecule has 25 heavy (non-hydrogen) atoms. The zero-order valence-electron chi connectivity index (χ0n) is 13.8. The van der Waals surface area contributed by atoms with Crippen LogP contribution in [0.15, 0.2) is 18.3 Å². The lowest BCUT2D eigenvalue weighted by atomic mass is 10.2. The highest BCUT2D eigenvalue weighted by Crippen LogP contribution is 2.31. The Labute approximate surface area is 144 Å². The van der Waals surface area contributed by atoms with Gasteiger partial charge >= 0.3 is 0 Å². The van der Waals surface area contributed by atoms with Crippen molar-refractivity contribution >= 4 is 23.1 Å². The van der Waals surface area contributed by atoms with Crippen molar-refractivity contribution in [2.24, 2.45) is 5.84 Å². The number of ether oxygens (including phenoxy) is 1. The Hall–Kier alpha value is -2.68. The molecule has 0 radical (unpaired) electrons.